The third kappa shape index (κ3) is 4.14. The summed E-state index contributed by atoms with van der Waals surface area (Å²) in [6, 6.07) is 12.6. The number of carbonyl (C=O) groups is 1. The molecule has 0 aromatic heterocycles. The highest BCUT2D eigenvalue weighted by Gasteiger charge is 2.24. The van der Waals surface area contributed by atoms with E-state index in [2.05, 4.69) is 17.6 Å². The highest BCUT2D eigenvalue weighted by Crippen LogP contribution is 2.27. The Hall–Kier alpha value is -2.47. The summed E-state index contributed by atoms with van der Waals surface area (Å²) in [5, 5.41) is 6.55. The van der Waals surface area contributed by atoms with Crippen LogP contribution < -0.4 is 15.5 Å². The molecule has 1 heterocycles. The van der Waals surface area contributed by atoms with Crippen molar-refractivity contribution >= 4 is 40.3 Å². The highest BCUT2D eigenvalue weighted by molar-refractivity contribution is 7.80. The van der Waals surface area contributed by atoms with Gasteiger partial charge in [0.1, 0.15) is 5.82 Å². The zero-order chi connectivity index (χ0) is 17.8. The van der Waals surface area contributed by atoms with E-state index < -0.39 is 5.82 Å². The second-order valence-corrected chi connectivity index (χ2v) is 6.35. The minimum Gasteiger partial charge on any atom is -0.332 e. The van der Waals surface area contributed by atoms with Crippen LogP contribution in [0.5, 0.6) is 0 Å². The van der Waals surface area contributed by atoms with Crippen LogP contribution in [0.2, 0.25) is 0 Å². The smallest absolute Gasteiger partial charge is 0.227 e. The van der Waals surface area contributed by atoms with Crippen LogP contribution in [0.4, 0.5) is 21.5 Å². The molecule has 1 aliphatic heterocycles. The van der Waals surface area contributed by atoms with E-state index in [1.165, 1.54) is 16.5 Å². The lowest BCUT2D eigenvalue weighted by atomic mass is 10.1. The van der Waals surface area contributed by atoms with Gasteiger partial charge in [0.15, 0.2) is 5.11 Å². The van der Waals surface area contributed by atoms with E-state index in [-0.39, 0.29) is 5.91 Å². The topological polar surface area (TPSA) is 44.4 Å². The van der Waals surface area contributed by atoms with E-state index >= 15 is 0 Å². The van der Waals surface area contributed by atoms with Crippen molar-refractivity contribution in [3.05, 3.63) is 53.8 Å². The van der Waals surface area contributed by atoms with Gasteiger partial charge < -0.3 is 15.5 Å². The summed E-state index contributed by atoms with van der Waals surface area (Å²) in [5.41, 5.74) is 3.07. The first-order chi connectivity index (χ1) is 12.1. The second-order valence-electron chi connectivity index (χ2n) is 5.94. The van der Waals surface area contributed by atoms with E-state index in [1.807, 2.05) is 24.3 Å². The summed E-state index contributed by atoms with van der Waals surface area (Å²) in [7, 11) is 0. The van der Waals surface area contributed by atoms with Gasteiger partial charge in [-0.05, 0) is 61.0 Å². The molecule has 4 nitrogen and oxygen atoms in total. The number of anilines is 3. The van der Waals surface area contributed by atoms with Crippen molar-refractivity contribution in [2.45, 2.75) is 26.2 Å². The standard InChI is InChI=1S/C19H20FN3OS/c1-2-13-5-7-14(8-6-13)21-19(25)22-15-9-10-16(20)17(12-15)23-11-3-4-18(23)24/h5-10,12H,2-4,11H2,1H3,(H2,21,22,25). The third-order valence-electron chi connectivity index (χ3n) is 4.19. The maximum absolute atomic E-state index is 14.1. The summed E-state index contributed by atoms with van der Waals surface area (Å²) >= 11 is 5.32. The van der Waals surface area contributed by atoms with Crippen molar-refractivity contribution < 1.29 is 9.18 Å². The molecule has 0 unspecified atom stereocenters. The molecule has 1 fully saturated rings. The van der Waals surface area contributed by atoms with Crippen molar-refractivity contribution in [2.75, 3.05) is 22.1 Å². The molecule has 3 rings (SSSR count). The fraction of sp³-hybridized carbons (Fsp3) is 0.263. The fourth-order valence-electron chi connectivity index (χ4n) is 2.82. The predicted octanol–water partition coefficient (Wildman–Crippen LogP) is 4.32. The average molecular weight is 357 g/mol. The minimum absolute atomic E-state index is 0.0484. The Kier molecular flexibility index (Phi) is 5.28. The summed E-state index contributed by atoms with van der Waals surface area (Å²) in [6.07, 6.45) is 2.20. The van der Waals surface area contributed by atoms with Crippen LogP contribution in [0.3, 0.4) is 0 Å². The van der Waals surface area contributed by atoms with E-state index in [0.29, 0.717) is 29.5 Å². The SMILES string of the molecule is CCc1ccc(NC(=S)Nc2ccc(F)c(N3CCCC3=O)c2)cc1. The molecule has 1 saturated heterocycles. The normalized spacial score (nSPS) is 13.8. The van der Waals surface area contributed by atoms with Crippen LogP contribution in [0.1, 0.15) is 25.3 Å². The lowest BCUT2D eigenvalue weighted by molar-refractivity contribution is -0.117. The maximum atomic E-state index is 14.1. The van der Waals surface area contributed by atoms with Gasteiger partial charge in [-0.25, -0.2) is 4.39 Å². The van der Waals surface area contributed by atoms with Crippen LogP contribution in [0.15, 0.2) is 42.5 Å². The zero-order valence-electron chi connectivity index (χ0n) is 14.0. The molecule has 1 amide bonds. The number of benzene rings is 2. The number of hydrogen-bond acceptors (Lipinski definition) is 2. The van der Waals surface area contributed by atoms with Gasteiger partial charge in [0.05, 0.1) is 5.69 Å². The molecule has 2 aromatic rings. The molecule has 130 valence electrons. The van der Waals surface area contributed by atoms with Crippen molar-refractivity contribution in [1.29, 1.82) is 0 Å². The zero-order valence-corrected chi connectivity index (χ0v) is 14.8. The second kappa shape index (κ2) is 7.61. The Balaban J connectivity index is 1.69. The molecule has 2 aromatic carbocycles. The molecule has 6 heteroatoms. The highest BCUT2D eigenvalue weighted by atomic mass is 32.1. The van der Waals surface area contributed by atoms with E-state index in [0.717, 1.165) is 18.5 Å². The Morgan fingerprint density at radius 2 is 1.84 bits per heavy atom. The van der Waals surface area contributed by atoms with Crippen LogP contribution in [-0.4, -0.2) is 17.6 Å². The molecular weight excluding hydrogens is 337 g/mol. The molecular formula is C19H20FN3OS. The number of hydrogen-bond donors (Lipinski definition) is 2. The quantitative estimate of drug-likeness (QED) is 0.800. The summed E-state index contributed by atoms with van der Waals surface area (Å²) in [5.74, 6) is -0.456. The molecule has 0 aliphatic carbocycles. The maximum Gasteiger partial charge on any atom is 0.227 e. The monoisotopic (exact) mass is 357 g/mol. The molecule has 0 bridgehead atoms. The Morgan fingerprint density at radius 1 is 1.16 bits per heavy atom. The molecule has 0 radical (unpaired) electrons. The van der Waals surface area contributed by atoms with Crippen LogP contribution in [0.25, 0.3) is 0 Å². The van der Waals surface area contributed by atoms with Gasteiger partial charge in [0.25, 0.3) is 0 Å². The first-order valence-electron chi connectivity index (χ1n) is 8.33. The number of aryl methyl sites for hydroxylation is 1. The molecule has 0 saturated carbocycles. The molecule has 0 atom stereocenters. The lowest BCUT2D eigenvalue weighted by Gasteiger charge is -2.18. The van der Waals surface area contributed by atoms with Gasteiger partial charge in [-0.15, -0.1) is 0 Å². The third-order valence-corrected chi connectivity index (χ3v) is 4.39. The van der Waals surface area contributed by atoms with Crippen molar-refractivity contribution in [3.63, 3.8) is 0 Å². The van der Waals surface area contributed by atoms with E-state index in [1.54, 1.807) is 12.1 Å². The van der Waals surface area contributed by atoms with Gasteiger partial charge in [-0.1, -0.05) is 19.1 Å². The predicted molar refractivity (Wildman–Crippen MR) is 104 cm³/mol. The summed E-state index contributed by atoms with van der Waals surface area (Å²) in [4.78, 5) is 13.3. The molecule has 1 aliphatic rings. The van der Waals surface area contributed by atoms with Gasteiger partial charge >= 0.3 is 0 Å². The molecule has 0 spiro atoms. The minimum atomic E-state index is -0.408. The Morgan fingerprint density at radius 3 is 2.48 bits per heavy atom. The van der Waals surface area contributed by atoms with Gasteiger partial charge in [0.2, 0.25) is 5.91 Å². The number of nitrogens with one attached hydrogen (secondary N) is 2. The van der Waals surface area contributed by atoms with E-state index in [4.69, 9.17) is 12.2 Å². The van der Waals surface area contributed by atoms with Crippen LogP contribution in [0, 0.1) is 5.82 Å². The van der Waals surface area contributed by atoms with Crippen molar-refractivity contribution in [1.82, 2.24) is 0 Å². The molecule has 25 heavy (non-hydrogen) atoms. The summed E-state index contributed by atoms with van der Waals surface area (Å²) < 4.78 is 14.1. The number of nitrogens with zero attached hydrogens (tertiary/aromatic N) is 1. The lowest BCUT2D eigenvalue weighted by Crippen LogP contribution is -2.25. The molecule has 2 N–H and O–H groups in total. The average Bonchev–Trinajstić information content (AvgIpc) is 3.03. The first kappa shape index (κ1) is 17.4. The number of thiocarbonyl (C=S) groups is 1. The largest absolute Gasteiger partial charge is 0.332 e. The number of halogens is 1. The van der Waals surface area contributed by atoms with Gasteiger partial charge in [-0.2, -0.15) is 0 Å². The Labute approximate surface area is 152 Å². The van der Waals surface area contributed by atoms with Gasteiger partial charge in [0, 0.05) is 24.3 Å². The Bertz CT molecular complexity index is 792. The summed E-state index contributed by atoms with van der Waals surface area (Å²) in [6.45, 7) is 2.65. The number of carbonyl (C=O) groups excluding carboxylic acids is 1. The van der Waals surface area contributed by atoms with Gasteiger partial charge in [-0.3, -0.25) is 4.79 Å². The van der Waals surface area contributed by atoms with E-state index in [9.17, 15) is 9.18 Å². The van der Waals surface area contributed by atoms with Crippen molar-refractivity contribution in [3.8, 4) is 0 Å². The number of amides is 1. The first-order valence-corrected chi connectivity index (χ1v) is 8.74. The van der Waals surface area contributed by atoms with Crippen molar-refractivity contribution in [2.24, 2.45) is 0 Å². The fourth-order valence-corrected chi connectivity index (χ4v) is 3.05. The van der Waals surface area contributed by atoms with Crippen LogP contribution in [-0.2, 0) is 11.2 Å². The number of rotatable bonds is 4. The van der Waals surface area contributed by atoms with Crippen LogP contribution >= 0.6 is 12.2 Å².